The second-order valence-corrected chi connectivity index (χ2v) is 9.26. The number of rotatable bonds is 8. The summed E-state index contributed by atoms with van der Waals surface area (Å²) in [7, 11) is 0. The van der Waals surface area contributed by atoms with Gasteiger partial charge in [0.25, 0.3) is 5.22 Å². The lowest BCUT2D eigenvalue weighted by Crippen LogP contribution is -2.31. The van der Waals surface area contributed by atoms with Gasteiger partial charge >= 0.3 is 0 Å². The van der Waals surface area contributed by atoms with Crippen molar-refractivity contribution in [1.82, 2.24) is 10.2 Å². The smallest absolute Gasteiger partial charge is 0.277 e. The molecule has 0 aliphatic carbocycles. The van der Waals surface area contributed by atoms with E-state index in [1.54, 1.807) is 16.2 Å². The van der Waals surface area contributed by atoms with Gasteiger partial charge < -0.3 is 18.8 Å². The topological polar surface area (TPSA) is 77.7 Å². The van der Waals surface area contributed by atoms with Crippen molar-refractivity contribution < 1.29 is 18.7 Å². The van der Waals surface area contributed by atoms with E-state index in [1.165, 1.54) is 11.8 Å². The SMILES string of the molecule is O=C(CSc1nnc(Cc2ccccc2)o1)N(Cc1cccs1)c1ccc2c(c1)OCCO2. The zero-order valence-corrected chi connectivity index (χ0v) is 19.3. The van der Waals surface area contributed by atoms with E-state index in [0.29, 0.717) is 48.8 Å². The van der Waals surface area contributed by atoms with Crippen LogP contribution in [-0.4, -0.2) is 35.1 Å². The monoisotopic (exact) mass is 479 g/mol. The largest absolute Gasteiger partial charge is 0.486 e. The first-order valence-electron chi connectivity index (χ1n) is 10.5. The minimum Gasteiger partial charge on any atom is -0.486 e. The first-order valence-corrected chi connectivity index (χ1v) is 12.3. The Labute approximate surface area is 199 Å². The molecule has 0 atom stereocenters. The summed E-state index contributed by atoms with van der Waals surface area (Å²) >= 11 is 2.85. The van der Waals surface area contributed by atoms with E-state index >= 15 is 0 Å². The lowest BCUT2D eigenvalue weighted by molar-refractivity contribution is -0.116. The number of fused-ring (bicyclic) bond motifs is 1. The minimum absolute atomic E-state index is 0.0621. The van der Waals surface area contributed by atoms with Crippen LogP contribution < -0.4 is 14.4 Å². The Bertz CT molecular complexity index is 1210. The number of hydrogen-bond acceptors (Lipinski definition) is 8. The number of ether oxygens (including phenoxy) is 2. The Balaban J connectivity index is 1.28. The van der Waals surface area contributed by atoms with Crippen molar-refractivity contribution in [3.8, 4) is 11.5 Å². The van der Waals surface area contributed by atoms with Crippen molar-refractivity contribution in [2.24, 2.45) is 0 Å². The van der Waals surface area contributed by atoms with E-state index in [0.717, 1.165) is 16.1 Å². The van der Waals surface area contributed by atoms with Gasteiger partial charge in [0.05, 0.1) is 18.7 Å². The van der Waals surface area contributed by atoms with E-state index in [2.05, 4.69) is 10.2 Å². The van der Waals surface area contributed by atoms with Crippen molar-refractivity contribution in [1.29, 1.82) is 0 Å². The molecule has 0 saturated heterocycles. The van der Waals surface area contributed by atoms with Crippen LogP contribution in [-0.2, 0) is 17.8 Å². The maximum Gasteiger partial charge on any atom is 0.277 e. The third-order valence-electron chi connectivity index (χ3n) is 5.00. The first kappa shape index (κ1) is 21.5. The molecule has 7 nitrogen and oxygen atoms in total. The molecule has 0 radical (unpaired) electrons. The van der Waals surface area contributed by atoms with E-state index in [1.807, 2.05) is 66.0 Å². The summed E-state index contributed by atoms with van der Waals surface area (Å²) in [5.74, 6) is 1.98. The number of thioether (sulfide) groups is 1. The highest BCUT2D eigenvalue weighted by atomic mass is 32.2. The van der Waals surface area contributed by atoms with Gasteiger partial charge in [0.2, 0.25) is 11.8 Å². The van der Waals surface area contributed by atoms with Gasteiger partial charge in [0.15, 0.2) is 11.5 Å². The van der Waals surface area contributed by atoms with Gasteiger partial charge in [-0.2, -0.15) is 0 Å². The molecule has 1 amide bonds. The summed E-state index contributed by atoms with van der Waals surface area (Å²) in [6.45, 7) is 1.49. The number of hydrogen-bond donors (Lipinski definition) is 0. The van der Waals surface area contributed by atoms with Crippen LogP contribution in [0.3, 0.4) is 0 Å². The Morgan fingerprint density at radius 3 is 2.67 bits per heavy atom. The van der Waals surface area contributed by atoms with Gasteiger partial charge in [-0.25, -0.2) is 0 Å². The molecule has 33 heavy (non-hydrogen) atoms. The quantitative estimate of drug-likeness (QED) is 0.335. The molecule has 4 aromatic rings. The minimum atomic E-state index is -0.0621. The summed E-state index contributed by atoms with van der Waals surface area (Å²) in [6.07, 6.45) is 0.560. The summed E-state index contributed by atoms with van der Waals surface area (Å²) < 4.78 is 17.1. The van der Waals surface area contributed by atoms with Crippen molar-refractivity contribution in [3.05, 3.63) is 82.4 Å². The Hall–Kier alpha value is -3.30. The van der Waals surface area contributed by atoms with Gasteiger partial charge in [0, 0.05) is 16.6 Å². The number of anilines is 1. The average Bonchev–Trinajstić information content (AvgIpc) is 3.53. The maximum atomic E-state index is 13.3. The van der Waals surface area contributed by atoms with Crippen molar-refractivity contribution in [2.45, 2.75) is 18.2 Å². The van der Waals surface area contributed by atoms with Gasteiger partial charge in [-0.05, 0) is 29.1 Å². The molecular formula is C24H21N3O4S2. The van der Waals surface area contributed by atoms with Gasteiger partial charge in [0.1, 0.15) is 13.2 Å². The fourth-order valence-corrected chi connectivity index (χ4v) is 4.77. The number of thiophene rings is 1. The predicted molar refractivity (Wildman–Crippen MR) is 127 cm³/mol. The van der Waals surface area contributed by atoms with Gasteiger partial charge in [-0.1, -0.05) is 48.2 Å². The van der Waals surface area contributed by atoms with Crippen LogP contribution >= 0.6 is 23.1 Å². The molecular weight excluding hydrogens is 458 g/mol. The maximum absolute atomic E-state index is 13.3. The third-order valence-corrected chi connectivity index (χ3v) is 6.66. The molecule has 3 heterocycles. The summed E-state index contributed by atoms with van der Waals surface area (Å²) in [5.41, 5.74) is 1.85. The molecule has 0 bridgehead atoms. The summed E-state index contributed by atoms with van der Waals surface area (Å²) in [5, 5.41) is 10.6. The summed E-state index contributed by atoms with van der Waals surface area (Å²) in [4.78, 5) is 16.1. The third kappa shape index (κ3) is 5.37. The molecule has 2 aromatic carbocycles. The van der Waals surface area contributed by atoms with Crippen LogP contribution in [0.25, 0.3) is 0 Å². The second-order valence-electron chi connectivity index (χ2n) is 7.30. The summed E-state index contributed by atoms with van der Waals surface area (Å²) in [6, 6.07) is 19.5. The van der Waals surface area contributed by atoms with Gasteiger partial charge in [-0.15, -0.1) is 21.5 Å². The lowest BCUT2D eigenvalue weighted by atomic mass is 10.2. The molecule has 0 fully saturated rings. The molecule has 0 saturated carbocycles. The number of benzene rings is 2. The second kappa shape index (κ2) is 10.1. The van der Waals surface area contributed by atoms with Crippen LogP contribution in [0.1, 0.15) is 16.3 Å². The molecule has 1 aliphatic rings. The van der Waals surface area contributed by atoms with Crippen LogP contribution in [0, 0.1) is 0 Å². The molecule has 0 unspecified atom stereocenters. The molecule has 1 aliphatic heterocycles. The zero-order valence-electron chi connectivity index (χ0n) is 17.7. The number of aromatic nitrogens is 2. The zero-order chi connectivity index (χ0) is 22.5. The number of carbonyl (C=O) groups is 1. The first-order chi connectivity index (χ1) is 16.2. The van der Waals surface area contributed by atoms with E-state index in [4.69, 9.17) is 13.9 Å². The fourth-order valence-electron chi connectivity index (χ4n) is 3.42. The Kier molecular flexibility index (Phi) is 6.59. The van der Waals surface area contributed by atoms with Crippen LogP contribution in [0.4, 0.5) is 5.69 Å². The predicted octanol–water partition coefficient (Wildman–Crippen LogP) is 4.82. The fraction of sp³-hybridized carbons (Fsp3) is 0.208. The molecule has 0 N–H and O–H groups in total. The van der Waals surface area contributed by atoms with Crippen LogP contribution in [0.15, 0.2) is 75.7 Å². The highest BCUT2D eigenvalue weighted by molar-refractivity contribution is 7.99. The van der Waals surface area contributed by atoms with Crippen molar-refractivity contribution >= 4 is 34.7 Å². The number of carbonyl (C=O) groups excluding carboxylic acids is 1. The van der Waals surface area contributed by atoms with E-state index in [9.17, 15) is 4.79 Å². The van der Waals surface area contributed by atoms with Gasteiger partial charge in [-0.3, -0.25) is 4.79 Å². The molecule has 2 aromatic heterocycles. The highest BCUT2D eigenvalue weighted by Gasteiger charge is 2.21. The normalized spacial score (nSPS) is 12.5. The van der Waals surface area contributed by atoms with Crippen molar-refractivity contribution in [3.63, 3.8) is 0 Å². The Morgan fingerprint density at radius 2 is 1.85 bits per heavy atom. The van der Waals surface area contributed by atoms with Crippen LogP contribution in [0.2, 0.25) is 0 Å². The standard InChI is InChI=1S/C24H21N3O4S2/c28-23(16-33-24-26-25-22(31-24)13-17-5-2-1-3-6-17)27(15-19-7-4-12-32-19)18-8-9-20-21(14-18)30-11-10-29-20/h1-9,12,14H,10-11,13,15-16H2. The number of nitrogens with zero attached hydrogens (tertiary/aromatic N) is 3. The van der Waals surface area contributed by atoms with Crippen LogP contribution in [0.5, 0.6) is 11.5 Å². The molecule has 9 heteroatoms. The van der Waals surface area contributed by atoms with Crippen molar-refractivity contribution in [2.75, 3.05) is 23.9 Å². The van der Waals surface area contributed by atoms with E-state index in [-0.39, 0.29) is 11.7 Å². The highest BCUT2D eigenvalue weighted by Crippen LogP contribution is 2.35. The molecule has 0 spiro atoms. The average molecular weight is 480 g/mol. The Morgan fingerprint density at radius 1 is 1.00 bits per heavy atom. The molecule has 168 valence electrons. The number of amides is 1. The lowest BCUT2D eigenvalue weighted by Gasteiger charge is -2.25. The molecule has 5 rings (SSSR count). The van der Waals surface area contributed by atoms with E-state index < -0.39 is 0 Å².